The van der Waals surface area contributed by atoms with Crippen molar-refractivity contribution in [1.29, 1.82) is 0 Å². The van der Waals surface area contributed by atoms with Crippen LogP contribution < -0.4 is 14.8 Å². The van der Waals surface area contributed by atoms with Crippen LogP contribution in [0.3, 0.4) is 0 Å². The minimum atomic E-state index is -3.51. The second kappa shape index (κ2) is 7.39. The number of H-pyrrole nitrogens is 1. The van der Waals surface area contributed by atoms with Gasteiger partial charge in [-0.3, -0.25) is 9.52 Å². The zero-order valence-electron chi connectivity index (χ0n) is 15.5. The van der Waals surface area contributed by atoms with Gasteiger partial charge in [-0.05, 0) is 37.3 Å². The number of aromatic nitrogens is 2. The number of sulfonamides is 1. The Balaban J connectivity index is 1.81. The maximum atomic E-state index is 12.6. The number of amides is 1. The van der Waals surface area contributed by atoms with Crippen molar-refractivity contribution in [2.45, 2.75) is 13.0 Å². The van der Waals surface area contributed by atoms with E-state index in [1.54, 1.807) is 32.2 Å². The summed E-state index contributed by atoms with van der Waals surface area (Å²) in [7, 11) is -1.94. The lowest BCUT2D eigenvalue weighted by atomic mass is 10.1. The van der Waals surface area contributed by atoms with Crippen LogP contribution in [-0.4, -0.2) is 42.8 Å². The van der Waals surface area contributed by atoms with Gasteiger partial charge in [0, 0.05) is 11.8 Å². The number of phenolic OH excluding ortho intramolecular Hbond substituents is 1. The van der Waals surface area contributed by atoms with E-state index in [9.17, 15) is 18.3 Å². The molecule has 1 aromatic heterocycles. The number of imidazole rings is 1. The van der Waals surface area contributed by atoms with Crippen LogP contribution in [-0.2, 0) is 10.0 Å². The first-order chi connectivity index (χ1) is 13.2. The maximum absolute atomic E-state index is 12.6. The molecule has 0 radical (unpaired) electrons. The standard InChI is InChI=1S/C18H20N4O5S/c1-10(17-20-14-6-5-12(27-2)9-15(14)21-17)19-18(24)13-8-11(4-7-16(13)23)22-28(3,25)26/h4-10,22-23H,1-3H3,(H,19,24)(H,20,21)/t10-/m0/s1. The number of aromatic hydroxyl groups is 1. The Morgan fingerprint density at radius 3 is 2.68 bits per heavy atom. The molecule has 148 valence electrons. The van der Waals surface area contributed by atoms with Crippen LogP contribution in [0.1, 0.15) is 29.1 Å². The van der Waals surface area contributed by atoms with E-state index in [2.05, 4.69) is 20.0 Å². The van der Waals surface area contributed by atoms with Gasteiger partial charge in [0.05, 0.1) is 36.0 Å². The zero-order valence-corrected chi connectivity index (χ0v) is 16.3. The molecule has 0 saturated heterocycles. The Morgan fingerprint density at radius 2 is 2.00 bits per heavy atom. The van der Waals surface area contributed by atoms with E-state index in [0.717, 1.165) is 17.3 Å². The highest BCUT2D eigenvalue weighted by molar-refractivity contribution is 7.92. The van der Waals surface area contributed by atoms with E-state index in [4.69, 9.17) is 4.74 Å². The highest BCUT2D eigenvalue weighted by Gasteiger charge is 2.18. The van der Waals surface area contributed by atoms with Crippen LogP contribution in [0.15, 0.2) is 36.4 Å². The number of fused-ring (bicyclic) bond motifs is 1. The molecule has 1 amide bonds. The van der Waals surface area contributed by atoms with E-state index in [1.165, 1.54) is 18.2 Å². The van der Waals surface area contributed by atoms with Crippen LogP contribution in [0.25, 0.3) is 11.0 Å². The van der Waals surface area contributed by atoms with Gasteiger partial charge >= 0.3 is 0 Å². The third kappa shape index (κ3) is 4.34. The first kappa shape index (κ1) is 19.5. The van der Waals surface area contributed by atoms with E-state index >= 15 is 0 Å². The molecule has 1 atom stereocenters. The molecular weight excluding hydrogens is 384 g/mol. The number of hydrogen-bond donors (Lipinski definition) is 4. The highest BCUT2D eigenvalue weighted by Crippen LogP contribution is 2.24. The quantitative estimate of drug-likeness (QED) is 0.465. The van der Waals surface area contributed by atoms with E-state index in [1.807, 2.05) is 0 Å². The smallest absolute Gasteiger partial charge is 0.255 e. The summed E-state index contributed by atoms with van der Waals surface area (Å²) in [6.45, 7) is 1.74. The number of phenols is 1. The normalized spacial score (nSPS) is 12.5. The summed E-state index contributed by atoms with van der Waals surface area (Å²) < 4.78 is 30.2. The van der Waals surface area contributed by atoms with Gasteiger partial charge in [0.15, 0.2) is 0 Å². The van der Waals surface area contributed by atoms with Gasteiger partial charge in [0.25, 0.3) is 5.91 Å². The largest absolute Gasteiger partial charge is 0.507 e. The Hall–Kier alpha value is -3.27. The summed E-state index contributed by atoms with van der Waals surface area (Å²) in [5, 5.41) is 12.7. The average Bonchev–Trinajstić information content (AvgIpc) is 3.05. The Labute approximate surface area is 161 Å². The van der Waals surface area contributed by atoms with Crippen molar-refractivity contribution in [1.82, 2.24) is 15.3 Å². The maximum Gasteiger partial charge on any atom is 0.255 e. The summed E-state index contributed by atoms with van der Waals surface area (Å²) in [5.41, 5.74) is 1.60. The predicted octanol–water partition coefficient (Wildman–Crippen LogP) is 2.14. The summed E-state index contributed by atoms with van der Waals surface area (Å²) >= 11 is 0. The molecule has 28 heavy (non-hydrogen) atoms. The van der Waals surface area contributed by atoms with Gasteiger partial charge in [0.2, 0.25) is 10.0 Å². The third-order valence-electron chi connectivity index (χ3n) is 4.01. The molecule has 1 heterocycles. The van der Waals surface area contributed by atoms with Crippen LogP contribution in [0, 0.1) is 0 Å². The van der Waals surface area contributed by atoms with Gasteiger partial charge in [0.1, 0.15) is 17.3 Å². The number of carbonyl (C=O) groups is 1. The number of nitrogens with zero attached hydrogens (tertiary/aromatic N) is 1. The minimum absolute atomic E-state index is 0.0571. The molecule has 0 fully saturated rings. The van der Waals surface area contributed by atoms with Gasteiger partial charge in [-0.2, -0.15) is 0 Å². The van der Waals surface area contributed by atoms with Gasteiger partial charge in [-0.1, -0.05) is 0 Å². The monoisotopic (exact) mass is 404 g/mol. The summed E-state index contributed by atoms with van der Waals surface area (Å²) in [6, 6.07) is 8.78. The van der Waals surface area contributed by atoms with Crippen LogP contribution in [0.4, 0.5) is 5.69 Å². The SMILES string of the molecule is COc1ccc2nc([C@H](C)NC(=O)c3cc(NS(C)(=O)=O)ccc3O)[nH]c2c1. The molecule has 2 aromatic carbocycles. The lowest BCUT2D eigenvalue weighted by molar-refractivity contribution is 0.0936. The lowest BCUT2D eigenvalue weighted by Gasteiger charge is -2.13. The number of nitrogens with one attached hydrogen (secondary N) is 3. The summed E-state index contributed by atoms with van der Waals surface area (Å²) in [6.07, 6.45) is 0.998. The number of anilines is 1. The summed E-state index contributed by atoms with van der Waals surface area (Å²) in [5.74, 6) is 0.374. The predicted molar refractivity (Wildman–Crippen MR) is 105 cm³/mol. The number of methoxy groups -OCH3 is 1. The first-order valence-electron chi connectivity index (χ1n) is 8.31. The van der Waals surface area contributed by atoms with Crippen molar-refractivity contribution < 1.29 is 23.1 Å². The number of rotatable bonds is 6. The lowest BCUT2D eigenvalue weighted by Crippen LogP contribution is -2.27. The molecule has 0 aliphatic rings. The second-order valence-corrected chi connectivity index (χ2v) is 8.05. The third-order valence-corrected chi connectivity index (χ3v) is 4.62. The van der Waals surface area contributed by atoms with Crippen molar-refractivity contribution >= 4 is 32.7 Å². The van der Waals surface area contributed by atoms with Crippen molar-refractivity contribution in [3.63, 3.8) is 0 Å². The van der Waals surface area contributed by atoms with Crippen LogP contribution in [0.5, 0.6) is 11.5 Å². The minimum Gasteiger partial charge on any atom is -0.507 e. The number of carbonyl (C=O) groups excluding carboxylic acids is 1. The molecule has 3 aromatic rings. The Bertz CT molecular complexity index is 1140. The molecular formula is C18H20N4O5S. The van der Waals surface area contributed by atoms with Crippen LogP contribution >= 0.6 is 0 Å². The number of aromatic amines is 1. The van der Waals surface area contributed by atoms with E-state index in [-0.39, 0.29) is 17.0 Å². The van der Waals surface area contributed by atoms with Gasteiger partial charge in [-0.15, -0.1) is 0 Å². The van der Waals surface area contributed by atoms with E-state index in [0.29, 0.717) is 11.6 Å². The van der Waals surface area contributed by atoms with Gasteiger partial charge in [-0.25, -0.2) is 13.4 Å². The molecule has 10 heteroatoms. The fraction of sp³-hybridized carbons (Fsp3) is 0.222. The fourth-order valence-electron chi connectivity index (χ4n) is 2.68. The highest BCUT2D eigenvalue weighted by atomic mass is 32.2. The molecule has 3 rings (SSSR count). The molecule has 0 aliphatic carbocycles. The molecule has 0 spiro atoms. The van der Waals surface area contributed by atoms with Gasteiger partial charge < -0.3 is 20.1 Å². The zero-order chi connectivity index (χ0) is 20.5. The molecule has 0 aliphatic heterocycles. The van der Waals surface area contributed by atoms with Crippen molar-refractivity contribution in [2.75, 3.05) is 18.1 Å². The second-order valence-electron chi connectivity index (χ2n) is 6.31. The Morgan fingerprint density at radius 1 is 1.25 bits per heavy atom. The fourth-order valence-corrected chi connectivity index (χ4v) is 3.23. The molecule has 9 nitrogen and oxygen atoms in total. The van der Waals surface area contributed by atoms with E-state index < -0.39 is 22.0 Å². The van der Waals surface area contributed by atoms with Crippen molar-refractivity contribution in [2.24, 2.45) is 0 Å². The van der Waals surface area contributed by atoms with Crippen LogP contribution in [0.2, 0.25) is 0 Å². The summed E-state index contributed by atoms with van der Waals surface area (Å²) in [4.78, 5) is 20.1. The molecule has 0 saturated carbocycles. The molecule has 0 unspecified atom stereocenters. The number of benzene rings is 2. The first-order valence-corrected chi connectivity index (χ1v) is 10.2. The topological polar surface area (TPSA) is 133 Å². The number of hydrogen-bond acceptors (Lipinski definition) is 6. The van der Waals surface area contributed by atoms with Crippen molar-refractivity contribution in [3.8, 4) is 11.5 Å². The number of ether oxygens (including phenoxy) is 1. The molecule has 0 bridgehead atoms. The molecule has 4 N–H and O–H groups in total. The Kier molecular flexibility index (Phi) is 5.14. The average molecular weight is 404 g/mol. The van der Waals surface area contributed by atoms with Crippen molar-refractivity contribution in [3.05, 3.63) is 47.8 Å².